The predicted octanol–water partition coefficient (Wildman–Crippen LogP) is 3.10. The van der Waals surface area contributed by atoms with Crippen molar-refractivity contribution in [3.63, 3.8) is 0 Å². The Morgan fingerprint density at radius 2 is 1.86 bits per heavy atom. The summed E-state index contributed by atoms with van der Waals surface area (Å²) in [6.07, 6.45) is 5.76. The molecule has 1 N–H and O–H groups in total. The van der Waals surface area contributed by atoms with Gasteiger partial charge in [0.1, 0.15) is 0 Å². The largest absolute Gasteiger partial charge is 0.481 e. The van der Waals surface area contributed by atoms with Gasteiger partial charge in [-0.3, -0.25) is 9.59 Å². The Kier molecular flexibility index (Phi) is 6.66. The van der Waals surface area contributed by atoms with Crippen molar-refractivity contribution in [2.45, 2.75) is 40.0 Å². The SMILES string of the molecule is C=C1CN(C(=O)C2CC=CCC2C(=O)O)CC1CC.CC. The molecule has 0 aromatic rings. The second kappa shape index (κ2) is 8.01. The van der Waals surface area contributed by atoms with Crippen molar-refractivity contribution in [1.29, 1.82) is 0 Å². The standard InChI is InChI=1S/C15H21NO3.C2H6/c1-3-11-9-16(8-10(11)2)14(17)12-6-4-5-7-13(12)15(18)19;1-2/h4-5,11-13H,2-3,6-9H2,1H3,(H,18,19);1-2H3. The molecule has 2 rings (SSSR count). The zero-order valence-corrected chi connectivity index (χ0v) is 13.3. The van der Waals surface area contributed by atoms with E-state index in [0.29, 0.717) is 31.8 Å². The average Bonchev–Trinajstić information content (AvgIpc) is 2.89. The van der Waals surface area contributed by atoms with Crippen LogP contribution in [0.3, 0.4) is 0 Å². The molecule has 4 nitrogen and oxygen atoms in total. The monoisotopic (exact) mass is 293 g/mol. The highest BCUT2D eigenvalue weighted by Crippen LogP contribution is 2.31. The summed E-state index contributed by atoms with van der Waals surface area (Å²) < 4.78 is 0. The van der Waals surface area contributed by atoms with E-state index in [1.807, 2.05) is 26.0 Å². The van der Waals surface area contributed by atoms with Crippen LogP contribution in [0.4, 0.5) is 0 Å². The van der Waals surface area contributed by atoms with Crippen LogP contribution in [0.25, 0.3) is 0 Å². The van der Waals surface area contributed by atoms with E-state index in [4.69, 9.17) is 0 Å². The van der Waals surface area contributed by atoms with E-state index in [-0.39, 0.29) is 5.91 Å². The number of carbonyl (C=O) groups excluding carboxylic acids is 1. The third-order valence-electron chi connectivity index (χ3n) is 4.28. The molecule has 0 radical (unpaired) electrons. The molecule has 1 saturated heterocycles. The van der Waals surface area contributed by atoms with E-state index in [2.05, 4.69) is 13.5 Å². The molecule has 0 saturated carbocycles. The first-order valence-corrected chi connectivity index (χ1v) is 7.88. The molecule has 1 fully saturated rings. The van der Waals surface area contributed by atoms with E-state index in [9.17, 15) is 14.7 Å². The second-order valence-electron chi connectivity index (χ2n) is 5.48. The summed E-state index contributed by atoms with van der Waals surface area (Å²) >= 11 is 0. The molecule has 1 heterocycles. The summed E-state index contributed by atoms with van der Waals surface area (Å²) in [5.74, 6) is -1.51. The molecule has 0 aromatic carbocycles. The number of carbonyl (C=O) groups is 2. The van der Waals surface area contributed by atoms with Crippen LogP contribution < -0.4 is 0 Å². The van der Waals surface area contributed by atoms with E-state index >= 15 is 0 Å². The molecule has 1 aliphatic heterocycles. The third kappa shape index (κ3) is 3.96. The lowest BCUT2D eigenvalue weighted by atomic mass is 9.82. The van der Waals surface area contributed by atoms with Crippen molar-refractivity contribution in [2.75, 3.05) is 13.1 Å². The fraction of sp³-hybridized carbons (Fsp3) is 0.647. The third-order valence-corrected chi connectivity index (χ3v) is 4.28. The van der Waals surface area contributed by atoms with Crippen molar-refractivity contribution in [3.05, 3.63) is 24.3 Å². The molecular formula is C17H27NO3. The minimum absolute atomic E-state index is 0.0196. The van der Waals surface area contributed by atoms with Crippen molar-refractivity contribution in [2.24, 2.45) is 17.8 Å². The molecule has 21 heavy (non-hydrogen) atoms. The van der Waals surface area contributed by atoms with Gasteiger partial charge in [0.15, 0.2) is 0 Å². The first-order chi connectivity index (χ1) is 10.0. The molecule has 4 heteroatoms. The van der Waals surface area contributed by atoms with Gasteiger partial charge in [-0.15, -0.1) is 0 Å². The Morgan fingerprint density at radius 1 is 1.29 bits per heavy atom. The Labute approximate surface area is 127 Å². The number of likely N-dealkylation sites (tertiary alicyclic amines) is 1. The molecule has 0 aromatic heterocycles. The molecule has 2 aliphatic rings. The van der Waals surface area contributed by atoms with Gasteiger partial charge in [0.2, 0.25) is 5.91 Å². The topological polar surface area (TPSA) is 57.6 Å². The first-order valence-electron chi connectivity index (χ1n) is 7.88. The quantitative estimate of drug-likeness (QED) is 0.813. The summed E-state index contributed by atoms with van der Waals surface area (Å²) in [5.41, 5.74) is 1.09. The molecule has 1 aliphatic carbocycles. The lowest BCUT2D eigenvalue weighted by molar-refractivity contribution is -0.150. The van der Waals surface area contributed by atoms with Crippen LogP contribution in [0.2, 0.25) is 0 Å². The fourth-order valence-electron chi connectivity index (χ4n) is 3.01. The van der Waals surface area contributed by atoms with Crippen molar-refractivity contribution >= 4 is 11.9 Å². The first kappa shape index (κ1) is 17.5. The van der Waals surface area contributed by atoms with Crippen LogP contribution in [0.5, 0.6) is 0 Å². The zero-order chi connectivity index (χ0) is 16.0. The van der Waals surface area contributed by atoms with E-state index in [1.54, 1.807) is 4.90 Å². The number of carboxylic acids is 1. The molecular weight excluding hydrogens is 266 g/mol. The van der Waals surface area contributed by atoms with Crippen molar-refractivity contribution in [1.82, 2.24) is 4.90 Å². The maximum atomic E-state index is 12.5. The number of allylic oxidation sites excluding steroid dienone is 2. The minimum Gasteiger partial charge on any atom is -0.481 e. The number of aliphatic carboxylic acids is 1. The van der Waals surface area contributed by atoms with Gasteiger partial charge in [-0.25, -0.2) is 0 Å². The van der Waals surface area contributed by atoms with Gasteiger partial charge >= 0.3 is 5.97 Å². The molecule has 118 valence electrons. The molecule has 0 spiro atoms. The average molecular weight is 293 g/mol. The highest BCUT2D eigenvalue weighted by atomic mass is 16.4. The van der Waals surface area contributed by atoms with Crippen LogP contribution in [0.15, 0.2) is 24.3 Å². The number of carboxylic acid groups (broad SMARTS) is 1. The van der Waals surface area contributed by atoms with Crippen LogP contribution >= 0.6 is 0 Å². The van der Waals surface area contributed by atoms with Gasteiger partial charge < -0.3 is 10.0 Å². The summed E-state index contributed by atoms with van der Waals surface area (Å²) in [5, 5.41) is 9.23. The fourth-order valence-corrected chi connectivity index (χ4v) is 3.01. The van der Waals surface area contributed by atoms with Crippen LogP contribution in [-0.2, 0) is 9.59 Å². The molecule has 3 unspecified atom stereocenters. The predicted molar refractivity (Wildman–Crippen MR) is 83.8 cm³/mol. The van der Waals surface area contributed by atoms with E-state index < -0.39 is 17.8 Å². The number of amides is 1. The van der Waals surface area contributed by atoms with Gasteiger partial charge in [-0.2, -0.15) is 0 Å². The van der Waals surface area contributed by atoms with Crippen LogP contribution in [0.1, 0.15) is 40.0 Å². The summed E-state index contributed by atoms with van der Waals surface area (Å²) in [7, 11) is 0. The van der Waals surface area contributed by atoms with Gasteiger partial charge in [0.05, 0.1) is 11.8 Å². The second-order valence-corrected chi connectivity index (χ2v) is 5.48. The van der Waals surface area contributed by atoms with Gasteiger partial charge in [-0.05, 0) is 25.2 Å². The van der Waals surface area contributed by atoms with Gasteiger partial charge in [0, 0.05) is 13.1 Å². The summed E-state index contributed by atoms with van der Waals surface area (Å²) in [6, 6.07) is 0. The molecule has 0 bridgehead atoms. The number of hydrogen-bond donors (Lipinski definition) is 1. The van der Waals surface area contributed by atoms with E-state index in [1.165, 1.54) is 0 Å². The number of rotatable bonds is 3. The number of hydrogen-bond acceptors (Lipinski definition) is 2. The number of nitrogens with zero attached hydrogens (tertiary/aromatic N) is 1. The Morgan fingerprint density at radius 3 is 2.33 bits per heavy atom. The summed E-state index contributed by atoms with van der Waals surface area (Å²) in [4.78, 5) is 25.5. The zero-order valence-electron chi connectivity index (χ0n) is 13.3. The van der Waals surface area contributed by atoms with E-state index in [0.717, 1.165) is 12.0 Å². The molecule has 3 atom stereocenters. The highest BCUT2D eigenvalue weighted by Gasteiger charge is 2.38. The Hall–Kier alpha value is -1.58. The maximum absolute atomic E-state index is 12.5. The smallest absolute Gasteiger partial charge is 0.307 e. The van der Waals surface area contributed by atoms with Crippen molar-refractivity contribution in [3.8, 4) is 0 Å². The maximum Gasteiger partial charge on any atom is 0.307 e. The van der Waals surface area contributed by atoms with Crippen molar-refractivity contribution < 1.29 is 14.7 Å². The highest BCUT2D eigenvalue weighted by molar-refractivity contribution is 5.85. The molecule has 1 amide bonds. The van der Waals surface area contributed by atoms with Gasteiger partial charge in [0.25, 0.3) is 0 Å². The minimum atomic E-state index is -0.868. The van der Waals surface area contributed by atoms with Crippen LogP contribution in [-0.4, -0.2) is 35.0 Å². The van der Waals surface area contributed by atoms with Crippen LogP contribution in [0, 0.1) is 17.8 Å². The lowest BCUT2D eigenvalue weighted by Crippen LogP contribution is -2.40. The normalized spacial score (nSPS) is 28.0. The lowest BCUT2D eigenvalue weighted by Gasteiger charge is -2.28. The Balaban J connectivity index is 0.00000106. The summed E-state index contributed by atoms with van der Waals surface area (Å²) in [6.45, 7) is 11.4. The Bertz CT molecular complexity index is 428. The van der Waals surface area contributed by atoms with Gasteiger partial charge in [-0.1, -0.05) is 45.1 Å².